The molecule has 1 heterocycles. The Hall–Kier alpha value is -0.980. The highest BCUT2D eigenvalue weighted by Crippen LogP contribution is 2.25. The highest BCUT2D eigenvalue weighted by Gasteiger charge is 2.20. The summed E-state index contributed by atoms with van der Waals surface area (Å²) in [6, 6.07) is 0. The summed E-state index contributed by atoms with van der Waals surface area (Å²) < 4.78 is 7.56. The van der Waals surface area contributed by atoms with Gasteiger partial charge < -0.3 is 15.2 Å². The molecule has 6 heteroatoms. The Bertz CT molecular complexity index is 358. The zero-order chi connectivity index (χ0) is 14.2. The third-order valence-corrected chi connectivity index (χ3v) is 3.78. The Labute approximate surface area is 120 Å². The topological polar surface area (TPSA) is 72.2 Å². The number of rotatable bonds is 8. The van der Waals surface area contributed by atoms with Crippen molar-refractivity contribution < 1.29 is 9.84 Å². The first-order valence-electron chi connectivity index (χ1n) is 7.58. The summed E-state index contributed by atoms with van der Waals surface area (Å²) in [6.45, 7) is 4.77. The molecule has 1 fully saturated rings. The van der Waals surface area contributed by atoms with Crippen molar-refractivity contribution in [3.05, 3.63) is 12.4 Å². The van der Waals surface area contributed by atoms with Crippen LogP contribution in [0.5, 0.6) is 0 Å². The molecule has 6 nitrogen and oxygen atoms in total. The number of aromatic nitrogens is 3. The molecule has 0 bridgehead atoms. The van der Waals surface area contributed by atoms with Gasteiger partial charge in [-0.05, 0) is 18.8 Å². The predicted octanol–water partition coefficient (Wildman–Crippen LogP) is 0.824. The van der Waals surface area contributed by atoms with Gasteiger partial charge in [-0.3, -0.25) is 4.68 Å². The van der Waals surface area contributed by atoms with Gasteiger partial charge in [0.1, 0.15) is 0 Å². The van der Waals surface area contributed by atoms with Crippen LogP contribution in [0.15, 0.2) is 12.4 Å². The van der Waals surface area contributed by atoms with Crippen molar-refractivity contribution >= 4 is 0 Å². The Kier molecular flexibility index (Phi) is 6.42. The second kappa shape index (κ2) is 8.34. The largest absolute Gasteiger partial charge is 0.389 e. The molecular formula is C14H26N4O2. The van der Waals surface area contributed by atoms with Gasteiger partial charge in [0.15, 0.2) is 0 Å². The molecule has 0 saturated heterocycles. The SMILES string of the molecule is CC1CCCC(OCC(O)CNCCn2ccnn2)C1. The molecule has 3 atom stereocenters. The number of hydrogen-bond acceptors (Lipinski definition) is 5. The van der Waals surface area contributed by atoms with Crippen LogP contribution >= 0.6 is 0 Å². The van der Waals surface area contributed by atoms with Gasteiger partial charge in [-0.15, -0.1) is 5.10 Å². The number of aliphatic hydroxyl groups is 1. The van der Waals surface area contributed by atoms with Gasteiger partial charge in [0.05, 0.1) is 31.6 Å². The summed E-state index contributed by atoms with van der Waals surface area (Å²) in [5.74, 6) is 0.756. The number of nitrogens with one attached hydrogen (secondary N) is 1. The van der Waals surface area contributed by atoms with Crippen LogP contribution in [0.25, 0.3) is 0 Å². The Morgan fingerprint density at radius 1 is 1.50 bits per heavy atom. The minimum absolute atomic E-state index is 0.337. The minimum atomic E-state index is -0.442. The molecule has 1 saturated carbocycles. The van der Waals surface area contributed by atoms with Crippen molar-refractivity contribution in [2.24, 2.45) is 5.92 Å². The van der Waals surface area contributed by atoms with Gasteiger partial charge in [0, 0.05) is 19.3 Å². The standard InChI is InChI=1S/C14H26N4O2/c1-12-3-2-4-14(9-12)20-11-13(19)10-15-5-7-18-8-6-16-17-18/h6,8,12-15,19H,2-5,7,9-11H2,1H3. The van der Waals surface area contributed by atoms with Crippen molar-refractivity contribution in [1.29, 1.82) is 0 Å². The Balaban J connectivity index is 1.50. The Morgan fingerprint density at radius 3 is 3.15 bits per heavy atom. The van der Waals surface area contributed by atoms with Crippen LogP contribution in [0.3, 0.4) is 0 Å². The van der Waals surface area contributed by atoms with E-state index in [1.54, 1.807) is 10.9 Å². The molecule has 0 amide bonds. The van der Waals surface area contributed by atoms with E-state index in [2.05, 4.69) is 22.6 Å². The first kappa shape index (κ1) is 15.4. The predicted molar refractivity (Wildman–Crippen MR) is 76.3 cm³/mol. The first-order chi connectivity index (χ1) is 9.74. The summed E-state index contributed by atoms with van der Waals surface area (Å²) in [5.41, 5.74) is 0. The monoisotopic (exact) mass is 282 g/mol. The highest BCUT2D eigenvalue weighted by molar-refractivity contribution is 4.71. The van der Waals surface area contributed by atoms with Gasteiger partial charge in [-0.2, -0.15) is 0 Å². The zero-order valence-corrected chi connectivity index (χ0v) is 12.2. The lowest BCUT2D eigenvalue weighted by molar-refractivity contribution is -0.0305. The number of hydrogen-bond donors (Lipinski definition) is 2. The average molecular weight is 282 g/mol. The summed E-state index contributed by atoms with van der Waals surface area (Å²) in [6.07, 6.45) is 8.21. The molecule has 2 rings (SSSR count). The van der Waals surface area contributed by atoms with Crippen LogP contribution in [0.1, 0.15) is 32.6 Å². The van der Waals surface area contributed by atoms with Crippen molar-refractivity contribution in [2.75, 3.05) is 19.7 Å². The number of nitrogens with zero attached hydrogens (tertiary/aromatic N) is 3. The lowest BCUT2D eigenvalue weighted by Crippen LogP contribution is -2.34. The lowest BCUT2D eigenvalue weighted by atomic mass is 9.89. The van der Waals surface area contributed by atoms with Crippen molar-refractivity contribution in [3.8, 4) is 0 Å². The molecule has 114 valence electrons. The smallest absolute Gasteiger partial charge is 0.0897 e. The minimum Gasteiger partial charge on any atom is -0.389 e. The molecule has 0 aliphatic heterocycles. The lowest BCUT2D eigenvalue weighted by Gasteiger charge is -2.27. The van der Waals surface area contributed by atoms with Gasteiger partial charge in [0.2, 0.25) is 0 Å². The molecule has 2 N–H and O–H groups in total. The number of ether oxygens (including phenoxy) is 1. The van der Waals surface area contributed by atoms with E-state index >= 15 is 0 Å². The van der Waals surface area contributed by atoms with Crippen LogP contribution < -0.4 is 5.32 Å². The van der Waals surface area contributed by atoms with E-state index in [-0.39, 0.29) is 0 Å². The van der Waals surface area contributed by atoms with Crippen LogP contribution in [0.2, 0.25) is 0 Å². The second-order valence-electron chi connectivity index (χ2n) is 5.75. The van der Waals surface area contributed by atoms with Crippen LogP contribution in [-0.4, -0.2) is 52.0 Å². The average Bonchev–Trinajstić information content (AvgIpc) is 2.95. The molecule has 1 aromatic rings. The maximum absolute atomic E-state index is 9.88. The summed E-state index contributed by atoms with van der Waals surface area (Å²) in [7, 11) is 0. The van der Waals surface area contributed by atoms with E-state index in [4.69, 9.17) is 4.74 Å². The van der Waals surface area contributed by atoms with E-state index in [9.17, 15) is 5.11 Å². The fraction of sp³-hybridized carbons (Fsp3) is 0.857. The summed E-state index contributed by atoms with van der Waals surface area (Å²) in [5, 5.41) is 20.7. The first-order valence-corrected chi connectivity index (χ1v) is 7.58. The molecule has 1 aliphatic rings. The third kappa shape index (κ3) is 5.56. The summed E-state index contributed by atoms with van der Waals surface area (Å²) >= 11 is 0. The normalized spacial score (nSPS) is 24.7. The van der Waals surface area contributed by atoms with E-state index in [1.807, 2.05) is 6.20 Å². The highest BCUT2D eigenvalue weighted by atomic mass is 16.5. The van der Waals surface area contributed by atoms with Crippen molar-refractivity contribution in [2.45, 2.75) is 51.4 Å². The molecule has 1 aromatic heterocycles. The third-order valence-electron chi connectivity index (χ3n) is 3.78. The second-order valence-corrected chi connectivity index (χ2v) is 5.75. The van der Waals surface area contributed by atoms with Gasteiger partial charge in [-0.1, -0.05) is 25.0 Å². The molecule has 20 heavy (non-hydrogen) atoms. The van der Waals surface area contributed by atoms with Gasteiger partial charge in [0.25, 0.3) is 0 Å². The summed E-state index contributed by atoms with van der Waals surface area (Å²) in [4.78, 5) is 0. The van der Waals surface area contributed by atoms with Crippen molar-refractivity contribution in [1.82, 2.24) is 20.3 Å². The van der Waals surface area contributed by atoms with E-state index in [1.165, 1.54) is 12.8 Å². The fourth-order valence-electron chi connectivity index (χ4n) is 2.65. The molecule has 1 aliphatic carbocycles. The van der Waals surface area contributed by atoms with Crippen LogP contribution in [0, 0.1) is 5.92 Å². The molecule has 0 aromatic carbocycles. The van der Waals surface area contributed by atoms with Crippen LogP contribution in [-0.2, 0) is 11.3 Å². The molecule has 0 spiro atoms. The molecule has 0 radical (unpaired) electrons. The van der Waals surface area contributed by atoms with E-state index in [0.29, 0.717) is 19.3 Å². The quantitative estimate of drug-likeness (QED) is 0.691. The van der Waals surface area contributed by atoms with E-state index in [0.717, 1.165) is 31.8 Å². The van der Waals surface area contributed by atoms with E-state index < -0.39 is 6.10 Å². The number of aliphatic hydroxyl groups excluding tert-OH is 1. The van der Waals surface area contributed by atoms with Crippen LogP contribution in [0.4, 0.5) is 0 Å². The molecular weight excluding hydrogens is 256 g/mol. The molecule has 3 unspecified atom stereocenters. The fourth-order valence-corrected chi connectivity index (χ4v) is 2.65. The van der Waals surface area contributed by atoms with Gasteiger partial charge in [-0.25, -0.2) is 0 Å². The maximum Gasteiger partial charge on any atom is 0.0897 e. The maximum atomic E-state index is 9.88. The Morgan fingerprint density at radius 2 is 2.40 bits per heavy atom. The van der Waals surface area contributed by atoms with Gasteiger partial charge >= 0.3 is 0 Å². The van der Waals surface area contributed by atoms with Crippen molar-refractivity contribution in [3.63, 3.8) is 0 Å². The zero-order valence-electron chi connectivity index (χ0n) is 12.2.